The maximum Gasteiger partial charge on any atom is 0.123 e. The standard InChI is InChI=1S/C10H11FO.C6H12/c1-3-4-8-7-9(11)5-6-10(8)12-2;1-4-5-6(2)3/h3,5-7H,1,4H2,2H3;4,6H,1,5H2,2-3H3. The van der Waals surface area contributed by atoms with Crippen LogP contribution in [0.2, 0.25) is 0 Å². The lowest BCUT2D eigenvalue weighted by molar-refractivity contribution is 0.409. The van der Waals surface area contributed by atoms with E-state index in [9.17, 15) is 4.39 Å². The Morgan fingerprint density at radius 3 is 2.33 bits per heavy atom. The van der Waals surface area contributed by atoms with Gasteiger partial charge in [0.05, 0.1) is 7.11 Å². The first-order valence-electron chi connectivity index (χ1n) is 6.09. The van der Waals surface area contributed by atoms with E-state index in [-0.39, 0.29) is 5.82 Å². The summed E-state index contributed by atoms with van der Waals surface area (Å²) < 4.78 is 17.8. The van der Waals surface area contributed by atoms with Crippen molar-refractivity contribution in [2.45, 2.75) is 26.7 Å². The van der Waals surface area contributed by atoms with Crippen molar-refractivity contribution < 1.29 is 9.13 Å². The van der Waals surface area contributed by atoms with E-state index in [2.05, 4.69) is 27.0 Å². The van der Waals surface area contributed by atoms with E-state index in [0.29, 0.717) is 12.2 Å². The van der Waals surface area contributed by atoms with Crippen LogP contribution in [-0.4, -0.2) is 7.11 Å². The summed E-state index contributed by atoms with van der Waals surface area (Å²) in [5, 5.41) is 0. The maximum absolute atomic E-state index is 12.7. The Morgan fingerprint density at radius 2 is 1.94 bits per heavy atom. The monoisotopic (exact) mass is 250 g/mol. The van der Waals surface area contributed by atoms with Gasteiger partial charge in [-0.25, -0.2) is 4.39 Å². The molecule has 0 spiro atoms. The van der Waals surface area contributed by atoms with Gasteiger partial charge in [0.2, 0.25) is 0 Å². The topological polar surface area (TPSA) is 9.23 Å². The zero-order valence-electron chi connectivity index (χ0n) is 11.6. The van der Waals surface area contributed by atoms with Crippen molar-refractivity contribution >= 4 is 0 Å². The van der Waals surface area contributed by atoms with Gasteiger partial charge in [-0.3, -0.25) is 0 Å². The van der Waals surface area contributed by atoms with Crippen LogP contribution >= 0.6 is 0 Å². The predicted octanol–water partition coefficient (Wildman–Crippen LogP) is 4.78. The van der Waals surface area contributed by atoms with Crippen molar-refractivity contribution in [3.05, 3.63) is 54.9 Å². The summed E-state index contributed by atoms with van der Waals surface area (Å²) in [6, 6.07) is 4.46. The number of methoxy groups -OCH3 is 1. The molecule has 0 heterocycles. The molecule has 0 unspecified atom stereocenters. The molecule has 0 aromatic heterocycles. The highest BCUT2D eigenvalue weighted by Crippen LogP contribution is 2.19. The quantitative estimate of drug-likeness (QED) is 0.683. The van der Waals surface area contributed by atoms with Gasteiger partial charge in [-0.05, 0) is 37.0 Å². The first-order chi connectivity index (χ1) is 8.54. The van der Waals surface area contributed by atoms with Crippen molar-refractivity contribution in [2.24, 2.45) is 5.92 Å². The number of allylic oxidation sites excluding steroid dienone is 2. The molecule has 0 atom stereocenters. The van der Waals surface area contributed by atoms with E-state index in [1.165, 1.54) is 12.1 Å². The fourth-order valence-corrected chi connectivity index (χ4v) is 1.40. The Labute approximate surface area is 110 Å². The van der Waals surface area contributed by atoms with Gasteiger partial charge >= 0.3 is 0 Å². The molecular formula is C16H23FO. The summed E-state index contributed by atoms with van der Waals surface area (Å²) in [6.07, 6.45) is 5.43. The summed E-state index contributed by atoms with van der Waals surface area (Å²) in [5.74, 6) is 1.24. The lowest BCUT2D eigenvalue weighted by Crippen LogP contribution is -1.91. The highest BCUT2D eigenvalue weighted by Gasteiger charge is 2.01. The number of rotatable bonds is 5. The minimum atomic E-state index is -0.243. The molecule has 0 radical (unpaired) electrons. The third kappa shape index (κ3) is 6.89. The number of halogens is 1. The van der Waals surface area contributed by atoms with Gasteiger partial charge in [0.25, 0.3) is 0 Å². The molecule has 0 bridgehead atoms. The van der Waals surface area contributed by atoms with Gasteiger partial charge < -0.3 is 4.74 Å². The van der Waals surface area contributed by atoms with E-state index in [1.807, 2.05) is 6.08 Å². The summed E-state index contributed by atoms with van der Waals surface area (Å²) in [6.45, 7) is 11.5. The Morgan fingerprint density at radius 1 is 1.28 bits per heavy atom. The lowest BCUT2D eigenvalue weighted by Gasteiger charge is -2.05. The van der Waals surface area contributed by atoms with E-state index >= 15 is 0 Å². The van der Waals surface area contributed by atoms with Crippen LogP contribution in [0.3, 0.4) is 0 Å². The molecule has 1 aromatic carbocycles. The van der Waals surface area contributed by atoms with Gasteiger partial charge in [-0.2, -0.15) is 0 Å². The number of hydrogen-bond donors (Lipinski definition) is 0. The van der Waals surface area contributed by atoms with Crippen LogP contribution in [0.4, 0.5) is 4.39 Å². The van der Waals surface area contributed by atoms with Crippen molar-refractivity contribution in [3.8, 4) is 5.75 Å². The Bertz CT molecular complexity index is 369. The largest absolute Gasteiger partial charge is 0.496 e. The molecule has 0 aliphatic heterocycles. The van der Waals surface area contributed by atoms with E-state index in [1.54, 1.807) is 19.3 Å². The minimum Gasteiger partial charge on any atom is -0.496 e. The summed E-state index contributed by atoms with van der Waals surface area (Å²) in [5.41, 5.74) is 0.826. The fraction of sp³-hybridized carbons (Fsp3) is 0.375. The van der Waals surface area contributed by atoms with Gasteiger partial charge in [-0.1, -0.05) is 26.0 Å². The van der Waals surface area contributed by atoms with Crippen LogP contribution < -0.4 is 4.74 Å². The molecule has 2 heteroatoms. The third-order valence-corrected chi connectivity index (χ3v) is 2.24. The van der Waals surface area contributed by atoms with Gasteiger partial charge in [-0.15, -0.1) is 13.2 Å². The summed E-state index contributed by atoms with van der Waals surface area (Å²) in [7, 11) is 1.57. The first-order valence-corrected chi connectivity index (χ1v) is 6.09. The molecule has 1 aromatic rings. The highest BCUT2D eigenvalue weighted by molar-refractivity contribution is 5.35. The molecule has 0 aliphatic rings. The van der Waals surface area contributed by atoms with Crippen molar-refractivity contribution in [1.82, 2.24) is 0 Å². The van der Waals surface area contributed by atoms with Crippen molar-refractivity contribution in [1.29, 1.82) is 0 Å². The second kappa shape index (κ2) is 9.46. The number of ether oxygens (including phenoxy) is 1. The molecular weight excluding hydrogens is 227 g/mol. The second-order valence-corrected chi connectivity index (χ2v) is 4.37. The van der Waals surface area contributed by atoms with E-state index in [4.69, 9.17) is 4.74 Å². The highest BCUT2D eigenvalue weighted by atomic mass is 19.1. The minimum absolute atomic E-state index is 0.243. The Balaban J connectivity index is 0.000000411. The molecule has 0 aliphatic carbocycles. The fourth-order valence-electron chi connectivity index (χ4n) is 1.40. The first kappa shape index (κ1) is 16.4. The molecule has 1 nitrogen and oxygen atoms in total. The van der Waals surface area contributed by atoms with Gasteiger partial charge in [0.15, 0.2) is 0 Å². The van der Waals surface area contributed by atoms with Gasteiger partial charge in [0.1, 0.15) is 11.6 Å². The zero-order chi connectivity index (χ0) is 14.0. The molecule has 0 fully saturated rings. The van der Waals surface area contributed by atoms with Crippen molar-refractivity contribution in [3.63, 3.8) is 0 Å². The smallest absolute Gasteiger partial charge is 0.123 e. The third-order valence-electron chi connectivity index (χ3n) is 2.24. The normalized spacial score (nSPS) is 9.39. The van der Waals surface area contributed by atoms with E-state index < -0.39 is 0 Å². The van der Waals surface area contributed by atoms with Crippen LogP contribution in [0, 0.1) is 11.7 Å². The van der Waals surface area contributed by atoms with E-state index in [0.717, 1.165) is 17.9 Å². The molecule has 0 saturated carbocycles. The average Bonchev–Trinajstić information content (AvgIpc) is 2.30. The van der Waals surface area contributed by atoms with Crippen LogP contribution in [0.1, 0.15) is 25.8 Å². The molecule has 100 valence electrons. The Kier molecular flexibility index (Phi) is 8.63. The zero-order valence-corrected chi connectivity index (χ0v) is 11.6. The molecule has 0 saturated heterocycles. The number of hydrogen-bond acceptors (Lipinski definition) is 1. The lowest BCUT2D eigenvalue weighted by atomic mass is 10.1. The SMILES string of the molecule is C=CCC(C)C.C=CCc1cc(F)ccc1OC. The van der Waals surface area contributed by atoms with Crippen LogP contribution in [0.5, 0.6) is 5.75 Å². The maximum atomic E-state index is 12.7. The predicted molar refractivity (Wildman–Crippen MR) is 76.5 cm³/mol. The molecule has 0 amide bonds. The molecule has 1 rings (SSSR count). The number of benzene rings is 1. The molecule has 0 N–H and O–H groups in total. The average molecular weight is 250 g/mol. The summed E-state index contributed by atoms with van der Waals surface area (Å²) in [4.78, 5) is 0. The van der Waals surface area contributed by atoms with Crippen LogP contribution in [-0.2, 0) is 6.42 Å². The summed E-state index contributed by atoms with van der Waals surface area (Å²) >= 11 is 0. The van der Waals surface area contributed by atoms with Gasteiger partial charge in [0, 0.05) is 5.56 Å². The molecule has 18 heavy (non-hydrogen) atoms. The second-order valence-electron chi connectivity index (χ2n) is 4.37. The van der Waals surface area contributed by atoms with Crippen molar-refractivity contribution in [2.75, 3.05) is 7.11 Å². The van der Waals surface area contributed by atoms with Crippen LogP contribution in [0.25, 0.3) is 0 Å². The Hall–Kier alpha value is -1.57. The van der Waals surface area contributed by atoms with Crippen LogP contribution in [0.15, 0.2) is 43.5 Å².